The molecule has 0 saturated carbocycles. The summed E-state index contributed by atoms with van der Waals surface area (Å²) in [6.45, 7) is 7.21. The molecule has 0 fully saturated rings. The summed E-state index contributed by atoms with van der Waals surface area (Å²) < 4.78 is 0. The van der Waals surface area contributed by atoms with Crippen molar-refractivity contribution < 1.29 is 4.84 Å². The molecule has 0 aromatic rings. The van der Waals surface area contributed by atoms with Crippen molar-refractivity contribution in [3.05, 3.63) is 11.2 Å². The van der Waals surface area contributed by atoms with Crippen LogP contribution in [0.1, 0.15) is 59.3 Å². The van der Waals surface area contributed by atoms with Crippen molar-refractivity contribution in [2.75, 3.05) is 19.3 Å². The predicted molar refractivity (Wildman–Crippen MR) is 87.2 cm³/mol. The Hall–Kier alpha value is -0.190. The van der Waals surface area contributed by atoms with Gasteiger partial charge < -0.3 is 10.2 Å². The lowest BCUT2D eigenvalue weighted by molar-refractivity contribution is 0.0959. The number of rotatable bonds is 13. The van der Waals surface area contributed by atoms with Crippen LogP contribution in [0.25, 0.3) is 0 Å². The summed E-state index contributed by atoms with van der Waals surface area (Å²) in [5.74, 6) is 2.15. The van der Waals surface area contributed by atoms with Crippen LogP contribution in [0.2, 0.25) is 0 Å². The van der Waals surface area contributed by atoms with Crippen molar-refractivity contribution in [3.8, 4) is 0 Å². The third kappa shape index (κ3) is 11.3. The highest BCUT2D eigenvalue weighted by molar-refractivity contribution is 8.02. The summed E-state index contributed by atoms with van der Waals surface area (Å²) in [5.41, 5.74) is 2.92. The van der Waals surface area contributed by atoms with Crippen molar-refractivity contribution in [1.29, 1.82) is 0 Å². The van der Waals surface area contributed by atoms with E-state index < -0.39 is 0 Å². The van der Waals surface area contributed by atoms with Gasteiger partial charge in [0.1, 0.15) is 5.76 Å². The second-order valence-corrected chi connectivity index (χ2v) is 5.75. The summed E-state index contributed by atoms with van der Waals surface area (Å²) in [4.78, 5) is 5.53. The molecule has 114 valence electrons. The van der Waals surface area contributed by atoms with Gasteiger partial charge in [-0.3, -0.25) is 0 Å². The first kappa shape index (κ1) is 18.8. The highest BCUT2D eigenvalue weighted by Crippen LogP contribution is 2.14. The Morgan fingerprint density at radius 1 is 1.16 bits per heavy atom. The molecule has 0 spiro atoms. The van der Waals surface area contributed by atoms with E-state index in [4.69, 9.17) is 4.84 Å². The third-order valence-electron chi connectivity index (χ3n) is 3.01. The van der Waals surface area contributed by atoms with Gasteiger partial charge in [-0.2, -0.15) is 5.48 Å². The largest absolute Gasteiger partial charge is 0.411 e. The van der Waals surface area contributed by atoms with Crippen LogP contribution in [-0.4, -0.2) is 25.4 Å². The number of hydrogen-bond acceptors (Lipinski definition) is 4. The minimum Gasteiger partial charge on any atom is -0.411 e. The molecule has 2 N–H and O–H groups in total. The van der Waals surface area contributed by atoms with Crippen LogP contribution in [0.15, 0.2) is 11.2 Å². The molecule has 0 aliphatic heterocycles. The summed E-state index contributed by atoms with van der Waals surface area (Å²) in [5, 5.41) is 5.34. The molecule has 0 saturated heterocycles. The molecule has 1 atom stereocenters. The van der Waals surface area contributed by atoms with Crippen LogP contribution in [-0.2, 0) is 4.84 Å². The number of nitrogens with one attached hydrogen (secondary N) is 2. The van der Waals surface area contributed by atoms with E-state index in [1.165, 1.54) is 44.3 Å². The molecule has 0 aromatic heterocycles. The van der Waals surface area contributed by atoms with Crippen molar-refractivity contribution in [1.82, 2.24) is 10.8 Å². The maximum atomic E-state index is 5.53. The van der Waals surface area contributed by atoms with E-state index in [1.54, 1.807) is 0 Å². The fourth-order valence-corrected chi connectivity index (χ4v) is 2.52. The standard InChI is InChI=1S/C15H32N2OS/c1-5-7-8-9-10-11-12-19-13-15(14(3)16-4)18-17-6-2/h13-14,16-17H,5-12H2,1-4H3/b15-13+. The molecular formula is C15H32N2OS. The molecule has 0 aliphatic carbocycles. The lowest BCUT2D eigenvalue weighted by atomic mass is 10.1. The zero-order chi connectivity index (χ0) is 14.3. The Bertz CT molecular complexity index is 222. The molecular weight excluding hydrogens is 256 g/mol. The predicted octanol–water partition coefficient (Wildman–Crippen LogP) is 4.07. The van der Waals surface area contributed by atoms with Crippen molar-refractivity contribution >= 4 is 11.8 Å². The fourth-order valence-electron chi connectivity index (χ4n) is 1.62. The van der Waals surface area contributed by atoms with Crippen molar-refractivity contribution in [2.45, 2.75) is 65.3 Å². The van der Waals surface area contributed by atoms with Crippen LogP contribution < -0.4 is 10.8 Å². The van der Waals surface area contributed by atoms with Gasteiger partial charge in [-0.25, -0.2) is 0 Å². The smallest absolute Gasteiger partial charge is 0.147 e. The number of hydroxylamine groups is 1. The van der Waals surface area contributed by atoms with Gasteiger partial charge in [0.15, 0.2) is 0 Å². The first-order chi connectivity index (χ1) is 9.26. The monoisotopic (exact) mass is 288 g/mol. The molecule has 0 radical (unpaired) electrons. The molecule has 3 nitrogen and oxygen atoms in total. The van der Waals surface area contributed by atoms with Gasteiger partial charge in [0.25, 0.3) is 0 Å². The quantitative estimate of drug-likeness (QED) is 0.304. The van der Waals surface area contributed by atoms with Gasteiger partial charge in [-0.15, -0.1) is 11.8 Å². The normalized spacial score (nSPS) is 13.6. The Morgan fingerprint density at radius 2 is 1.84 bits per heavy atom. The summed E-state index contributed by atoms with van der Waals surface area (Å²) >= 11 is 1.85. The first-order valence-electron chi connectivity index (χ1n) is 7.64. The Kier molecular flexibility index (Phi) is 14.1. The second kappa shape index (κ2) is 14.2. The topological polar surface area (TPSA) is 33.3 Å². The van der Waals surface area contributed by atoms with E-state index in [1.807, 2.05) is 25.7 Å². The summed E-state index contributed by atoms with van der Waals surface area (Å²) in [6, 6.07) is 0.246. The molecule has 19 heavy (non-hydrogen) atoms. The third-order valence-corrected chi connectivity index (χ3v) is 3.93. The first-order valence-corrected chi connectivity index (χ1v) is 8.69. The van der Waals surface area contributed by atoms with E-state index >= 15 is 0 Å². The minimum atomic E-state index is 0.246. The second-order valence-electron chi connectivity index (χ2n) is 4.77. The van der Waals surface area contributed by atoms with Crippen LogP contribution in [0, 0.1) is 0 Å². The van der Waals surface area contributed by atoms with Gasteiger partial charge in [0.05, 0.1) is 6.04 Å². The number of likely N-dealkylation sites (N-methyl/N-ethyl adjacent to an activating group) is 1. The van der Waals surface area contributed by atoms with Crippen LogP contribution in [0.4, 0.5) is 0 Å². The molecule has 0 heterocycles. The molecule has 0 aliphatic rings. The maximum Gasteiger partial charge on any atom is 0.147 e. The van der Waals surface area contributed by atoms with Gasteiger partial charge in [0, 0.05) is 12.0 Å². The van der Waals surface area contributed by atoms with E-state index in [0.717, 1.165) is 12.3 Å². The Balaban J connectivity index is 3.71. The van der Waals surface area contributed by atoms with Gasteiger partial charge in [0.2, 0.25) is 0 Å². The number of hydrogen-bond donors (Lipinski definition) is 2. The number of unbranched alkanes of at least 4 members (excludes halogenated alkanes) is 5. The number of thioether (sulfide) groups is 1. The molecule has 0 rings (SSSR count). The highest BCUT2D eigenvalue weighted by atomic mass is 32.2. The lowest BCUT2D eigenvalue weighted by Gasteiger charge is -2.15. The van der Waals surface area contributed by atoms with Crippen molar-refractivity contribution in [3.63, 3.8) is 0 Å². The fraction of sp³-hybridized carbons (Fsp3) is 0.867. The van der Waals surface area contributed by atoms with Crippen LogP contribution in [0.3, 0.4) is 0 Å². The average Bonchev–Trinajstić information content (AvgIpc) is 2.44. The van der Waals surface area contributed by atoms with Crippen LogP contribution in [0.5, 0.6) is 0 Å². The van der Waals surface area contributed by atoms with E-state index in [2.05, 4.69) is 30.1 Å². The molecule has 4 heteroatoms. The average molecular weight is 289 g/mol. The molecule has 0 bridgehead atoms. The van der Waals surface area contributed by atoms with E-state index in [0.29, 0.717) is 0 Å². The minimum absolute atomic E-state index is 0.246. The van der Waals surface area contributed by atoms with Crippen LogP contribution >= 0.6 is 11.8 Å². The Labute approximate surface area is 123 Å². The zero-order valence-electron chi connectivity index (χ0n) is 13.1. The summed E-state index contributed by atoms with van der Waals surface area (Å²) in [6.07, 6.45) is 8.13. The van der Waals surface area contributed by atoms with E-state index in [-0.39, 0.29) is 6.04 Å². The molecule has 0 aromatic carbocycles. The SMILES string of the molecule is CCCCCCCCS/C=C(/ONCC)C(C)NC. The van der Waals surface area contributed by atoms with Gasteiger partial charge in [-0.05, 0) is 33.1 Å². The van der Waals surface area contributed by atoms with Gasteiger partial charge >= 0.3 is 0 Å². The summed E-state index contributed by atoms with van der Waals surface area (Å²) in [7, 11) is 1.95. The zero-order valence-corrected chi connectivity index (χ0v) is 13.9. The maximum absolute atomic E-state index is 5.53. The molecule has 1 unspecified atom stereocenters. The lowest BCUT2D eigenvalue weighted by Crippen LogP contribution is -2.28. The molecule has 0 amide bonds. The van der Waals surface area contributed by atoms with Gasteiger partial charge in [-0.1, -0.05) is 39.0 Å². The highest BCUT2D eigenvalue weighted by Gasteiger charge is 2.07. The van der Waals surface area contributed by atoms with E-state index in [9.17, 15) is 0 Å². The van der Waals surface area contributed by atoms with Crippen molar-refractivity contribution in [2.24, 2.45) is 0 Å². The Morgan fingerprint density at radius 3 is 2.47 bits per heavy atom.